The molecule has 1 aliphatic heterocycles. The fourth-order valence-electron chi connectivity index (χ4n) is 4.11. The number of aliphatic imine (C=N–C) groups is 1. The zero-order valence-corrected chi connectivity index (χ0v) is 27.9. The molecule has 1 aliphatic rings. The van der Waals surface area contributed by atoms with Crippen LogP contribution in [0.1, 0.15) is 43.5 Å². The molecule has 14 nitrogen and oxygen atoms in total. The molecule has 1 amide bonds. The van der Waals surface area contributed by atoms with Crippen molar-refractivity contribution in [1.29, 1.82) is 0 Å². The fraction of sp³-hybridized carbons (Fsp3) is 0.576. The van der Waals surface area contributed by atoms with E-state index in [0.29, 0.717) is 78.4 Å². The highest BCUT2D eigenvalue weighted by Gasteiger charge is 2.13. The predicted octanol–water partition coefficient (Wildman–Crippen LogP) is 3.39. The lowest BCUT2D eigenvalue weighted by Crippen LogP contribution is -2.20. The molecule has 4 rings (SSSR count). The van der Waals surface area contributed by atoms with Crippen LogP contribution in [0.3, 0.4) is 0 Å². The van der Waals surface area contributed by atoms with E-state index in [4.69, 9.17) is 23.7 Å². The van der Waals surface area contributed by atoms with Gasteiger partial charge >= 0.3 is 0 Å². The third kappa shape index (κ3) is 16.5. The number of hydrogen-bond acceptors (Lipinski definition) is 12. The van der Waals surface area contributed by atoms with Crippen LogP contribution in [0.25, 0.3) is 0 Å². The average Bonchev–Trinajstić information content (AvgIpc) is 3.77. The largest absolute Gasteiger partial charge is 0.379 e. The first-order valence-electron chi connectivity index (χ1n) is 16.2. The summed E-state index contributed by atoms with van der Waals surface area (Å²) >= 11 is 0. The van der Waals surface area contributed by atoms with Crippen LogP contribution < -0.4 is 10.6 Å². The molecule has 0 saturated carbocycles. The van der Waals surface area contributed by atoms with Crippen molar-refractivity contribution in [1.82, 2.24) is 30.3 Å². The number of benzene rings is 1. The van der Waals surface area contributed by atoms with Crippen LogP contribution in [-0.4, -0.2) is 104 Å². The first kappa shape index (κ1) is 37.6. The molecule has 3 heterocycles. The second-order valence-electron chi connectivity index (χ2n) is 11.0. The van der Waals surface area contributed by atoms with Gasteiger partial charge in [-0.1, -0.05) is 49.4 Å². The van der Waals surface area contributed by atoms with Gasteiger partial charge in [0, 0.05) is 44.8 Å². The molecular formula is C33H50N8O6. The molecule has 14 heteroatoms. The standard InChI is InChI=1S/C20H38N4O6.C13H12N4/c1-18(2)4-6-24-16-19(22-23-24)17-30-15-14-29-13-12-28-11-10-27-9-8-26-7-5-20(25)21-3;1-2-4-10(5-3-1)8-15-13-11-6-7-14-12(11)16-9-17-13/h16,18H,4-15,17H2,1-3H3,(H,21,25);1-5,7,9H,6,8H2,(H,15,16,17). The topological polar surface area (TPSA) is 156 Å². The van der Waals surface area contributed by atoms with E-state index in [2.05, 4.69) is 61.9 Å². The molecule has 258 valence electrons. The highest BCUT2D eigenvalue weighted by Crippen LogP contribution is 2.26. The van der Waals surface area contributed by atoms with Crippen LogP contribution in [0, 0.1) is 5.92 Å². The minimum absolute atomic E-state index is 0.0281. The molecule has 0 fully saturated rings. The normalized spacial score (nSPS) is 11.7. The van der Waals surface area contributed by atoms with Gasteiger partial charge in [0.15, 0.2) is 5.82 Å². The van der Waals surface area contributed by atoms with Crippen molar-refractivity contribution in [3.63, 3.8) is 0 Å². The highest BCUT2D eigenvalue weighted by atomic mass is 16.6. The lowest BCUT2D eigenvalue weighted by atomic mass is 10.1. The van der Waals surface area contributed by atoms with Gasteiger partial charge in [-0.05, 0) is 17.9 Å². The van der Waals surface area contributed by atoms with Gasteiger partial charge in [-0.15, -0.1) is 5.10 Å². The van der Waals surface area contributed by atoms with E-state index in [0.717, 1.165) is 48.8 Å². The first-order chi connectivity index (χ1) is 23.0. The highest BCUT2D eigenvalue weighted by molar-refractivity contribution is 5.77. The van der Waals surface area contributed by atoms with E-state index >= 15 is 0 Å². The number of rotatable bonds is 23. The zero-order valence-electron chi connectivity index (χ0n) is 27.9. The van der Waals surface area contributed by atoms with Crippen molar-refractivity contribution in [3.8, 4) is 0 Å². The second-order valence-corrected chi connectivity index (χ2v) is 11.0. The quantitative estimate of drug-likeness (QED) is 0.145. The number of anilines is 1. The van der Waals surface area contributed by atoms with Crippen molar-refractivity contribution in [2.45, 2.75) is 52.8 Å². The van der Waals surface area contributed by atoms with Crippen molar-refractivity contribution >= 4 is 23.8 Å². The lowest BCUT2D eigenvalue weighted by Gasteiger charge is -2.08. The van der Waals surface area contributed by atoms with E-state index in [1.807, 2.05) is 35.3 Å². The molecule has 3 aromatic rings. The number of amides is 1. The number of aryl methyl sites for hydroxylation is 1. The van der Waals surface area contributed by atoms with Gasteiger partial charge in [0.25, 0.3) is 0 Å². The third-order valence-corrected chi connectivity index (χ3v) is 6.75. The number of fused-ring (bicyclic) bond motifs is 1. The molecule has 0 spiro atoms. The van der Waals surface area contributed by atoms with Gasteiger partial charge in [0.1, 0.15) is 17.8 Å². The van der Waals surface area contributed by atoms with E-state index < -0.39 is 0 Å². The predicted molar refractivity (Wildman–Crippen MR) is 179 cm³/mol. The van der Waals surface area contributed by atoms with E-state index in [-0.39, 0.29) is 5.91 Å². The van der Waals surface area contributed by atoms with E-state index in [9.17, 15) is 4.79 Å². The SMILES string of the molecule is C1=Nc2ncnc(NCc3ccccc3)c2C1.CNC(=O)CCOCCOCCOCCOCCOCc1cn(CCC(C)C)nn1. The molecule has 0 aliphatic carbocycles. The van der Waals surface area contributed by atoms with Crippen molar-refractivity contribution in [3.05, 3.63) is 59.7 Å². The van der Waals surface area contributed by atoms with E-state index in [1.54, 1.807) is 13.4 Å². The Morgan fingerprint density at radius 2 is 1.55 bits per heavy atom. The molecule has 2 N–H and O–H groups in total. The van der Waals surface area contributed by atoms with Crippen LogP contribution >= 0.6 is 0 Å². The monoisotopic (exact) mass is 654 g/mol. The molecule has 47 heavy (non-hydrogen) atoms. The Bertz CT molecular complexity index is 1290. The summed E-state index contributed by atoms with van der Waals surface area (Å²) in [6.07, 6.45) is 7.61. The molecule has 0 unspecified atom stereocenters. The van der Waals surface area contributed by atoms with Gasteiger partial charge in [0.2, 0.25) is 5.91 Å². The van der Waals surface area contributed by atoms with Gasteiger partial charge < -0.3 is 34.3 Å². The molecule has 0 atom stereocenters. The van der Waals surface area contributed by atoms with Crippen LogP contribution in [0.15, 0.2) is 47.8 Å². The second kappa shape index (κ2) is 23.5. The van der Waals surface area contributed by atoms with Crippen molar-refractivity contribution in [2.24, 2.45) is 10.9 Å². The van der Waals surface area contributed by atoms with Crippen LogP contribution in [-0.2, 0) is 54.6 Å². The van der Waals surface area contributed by atoms with Gasteiger partial charge in [-0.2, -0.15) is 0 Å². The third-order valence-electron chi connectivity index (χ3n) is 6.75. The average molecular weight is 655 g/mol. The number of aromatic nitrogens is 5. The summed E-state index contributed by atoms with van der Waals surface area (Å²) < 4.78 is 28.9. The Hall–Kier alpha value is -3.82. The Morgan fingerprint density at radius 1 is 0.894 bits per heavy atom. The molecule has 0 saturated heterocycles. The Balaban J connectivity index is 0.000000294. The molecular weight excluding hydrogens is 604 g/mol. The number of carbonyl (C=O) groups excluding carboxylic acids is 1. The van der Waals surface area contributed by atoms with Gasteiger partial charge in [0.05, 0.1) is 72.3 Å². The van der Waals surface area contributed by atoms with Gasteiger partial charge in [-0.25, -0.2) is 15.0 Å². The molecule has 1 aromatic carbocycles. The summed E-state index contributed by atoms with van der Waals surface area (Å²) in [5.74, 6) is 2.29. The van der Waals surface area contributed by atoms with Crippen LogP contribution in [0.4, 0.5) is 11.6 Å². The zero-order chi connectivity index (χ0) is 33.4. The maximum absolute atomic E-state index is 11.0. The number of nitrogens with one attached hydrogen (secondary N) is 2. The number of hydrogen-bond donors (Lipinski definition) is 2. The first-order valence-corrected chi connectivity index (χ1v) is 16.2. The van der Waals surface area contributed by atoms with Crippen LogP contribution in [0.5, 0.6) is 0 Å². The minimum Gasteiger partial charge on any atom is -0.379 e. The fourth-order valence-corrected chi connectivity index (χ4v) is 4.11. The maximum atomic E-state index is 11.0. The lowest BCUT2D eigenvalue weighted by molar-refractivity contribution is -0.121. The summed E-state index contributed by atoms with van der Waals surface area (Å²) in [7, 11) is 1.61. The summed E-state index contributed by atoms with van der Waals surface area (Å²) in [6.45, 7) is 10.9. The minimum atomic E-state index is -0.0281. The maximum Gasteiger partial charge on any atom is 0.222 e. The van der Waals surface area contributed by atoms with E-state index in [1.165, 1.54) is 5.56 Å². The molecule has 0 radical (unpaired) electrons. The smallest absolute Gasteiger partial charge is 0.222 e. The molecule has 0 bridgehead atoms. The van der Waals surface area contributed by atoms with Gasteiger partial charge in [-0.3, -0.25) is 9.48 Å². The van der Waals surface area contributed by atoms with Crippen LogP contribution in [0.2, 0.25) is 0 Å². The summed E-state index contributed by atoms with van der Waals surface area (Å²) in [5.41, 5.74) is 3.15. The Labute approximate surface area is 277 Å². The Morgan fingerprint density at radius 3 is 2.21 bits per heavy atom. The van der Waals surface area contributed by atoms with Crippen molar-refractivity contribution < 1.29 is 28.5 Å². The summed E-state index contributed by atoms with van der Waals surface area (Å²) in [6, 6.07) is 10.3. The number of carbonyl (C=O) groups is 1. The van der Waals surface area contributed by atoms with Crippen molar-refractivity contribution in [2.75, 3.05) is 71.8 Å². The molecule has 2 aromatic heterocycles. The Kier molecular flexibility index (Phi) is 18.8. The summed E-state index contributed by atoms with van der Waals surface area (Å²) in [4.78, 5) is 23.6. The number of ether oxygens (including phenoxy) is 5. The number of nitrogens with zero attached hydrogens (tertiary/aromatic N) is 6. The summed E-state index contributed by atoms with van der Waals surface area (Å²) in [5, 5.41) is 14.1.